The lowest BCUT2D eigenvalue weighted by atomic mass is 9.96. The van der Waals surface area contributed by atoms with Crippen molar-refractivity contribution in [1.82, 2.24) is 0 Å². The topological polar surface area (TPSA) is 118 Å². The first kappa shape index (κ1) is 23.5. The molecule has 0 radical (unpaired) electrons. The first-order chi connectivity index (χ1) is 15.2. The van der Waals surface area contributed by atoms with Crippen LogP contribution in [0.15, 0.2) is 24.3 Å². The molecule has 0 amide bonds. The third-order valence-corrected chi connectivity index (χ3v) is 5.20. The van der Waals surface area contributed by atoms with Gasteiger partial charge in [0, 0.05) is 39.9 Å². The number of rotatable bonds is 6. The zero-order chi connectivity index (χ0) is 23.4. The van der Waals surface area contributed by atoms with Gasteiger partial charge in [0.1, 0.15) is 12.7 Å². The van der Waals surface area contributed by atoms with Gasteiger partial charge in [0.05, 0.1) is 0 Å². The maximum absolute atomic E-state index is 12.0. The van der Waals surface area contributed by atoms with E-state index in [4.69, 9.17) is 23.7 Å². The minimum atomic E-state index is -1.17. The second kappa shape index (κ2) is 9.99. The fraction of sp³-hybridized carbons (Fsp3) is 0.545. The molecule has 0 bridgehead atoms. The van der Waals surface area contributed by atoms with Gasteiger partial charge in [0.15, 0.2) is 24.5 Å². The average Bonchev–Trinajstić information content (AvgIpc) is 3.12. The van der Waals surface area contributed by atoms with Crippen LogP contribution in [0.1, 0.15) is 33.3 Å². The maximum atomic E-state index is 12.0. The highest BCUT2D eigenvalue weighted by Crippen LogP contribution is 2.37. The van der Waals surface area contributed by atoms with Crippen LogP contribution in [0.5, 0.6) is 0 Å². The molecule has 10 nitrogen and oxygen atoms in total. The van der Waals surface area contributed by atoms with Crippen LogP contribution < -0.4 is 4.90 Å². The number of hydrogen-bond donors (Lipinski definition) is 0. The molecule has 2 aliphatic rings. The molecule has 10 heteroatoms. The summed E-state index contributed by atoms with van der Waals surface area (Å²) in [4.78, 5) is 49.0. The molecule has 174 valence electrons. The van der Waals surface area contributed by atoms with Gasteiger partial charge in [-0.3, -0.25) is 19.2 Å². The summed E-state index contributed by atoms with van der Waals surface area (Å²) >= 11 is 0. The molecular weight excluding hydrogens is 422 g/mol. The highest BCUT2D eigenvalue weighted by molar-refractivity contribution is 5.69. The first-order valence-corrected chi connectivity index (χ1v) is 10.3. The normalized spacial score (nSPS) is 26.6. The molecule has 32 heavy (non-hydrogen) atoms. The Morgan fingerprint density at radius 3 is 2.09 bits per heavy atom. The van der Waals surface area contributed by atoms with Crippen LogP contribution in [-0.2, 0) is 49.3 Å². The van der Waals surface area contributed by atoms with Gasteiger partial charge in [-0.15, -0.1) is 0 Å². The van der Waals surface area contributed by atoms with E-state index in [-0.39, 0.29) is 6.61 Å². The van der Waals surface area contributed by atoms with Crippen LogP contribution in [0.2, 0.25) is 0 Å². The summed E-state index contributed by atoms with van der Waals surface area (Å²) in [5, 5.41) is 0. The fourth-order valence-corrected chi connectivity index (χ4v) is 4.08. The number of fused-ring (bicyclic) bond motifs is 1. The van der Waals surface area contributed by atoms with Crippen molar-refractivity contribution in [1.29, 1.82) is 0 Å². The fourth-order valence-electron chi connectivity index (χ4n) is 4.08. The van der Waals surface area contributed by atoms with Gasteiger partial charge in [-0.25, -0.2) is 0 Å². The van der Waals surface area contributed by atoms with Crippen LogP contribution >= 0.6 is 0 Å². The zero-order valence-electron chi connectivity index (χ0n) is 18.4. The van der Waals surface area contributed by atoms with Crippen molar-refractivity contribution in [2.45, 2.75) is 64.8 Å². The average molecular weight is 449 g/mol. The molecule has 0 N–H and O–H groups in total. The van der Waals surface area contributed by atoms with Crippen molar-refractivity contribution in [3.8, 4) is 0 Å². The summed E-state index contributed by atoms with van der Waals surface area (Å²) in [6.45, 7) is 5.18. The smallest absolute Gasteiger partial charge is 0.303 e. The van der Waals surface area contributed by atoms with Gasteiger partial charge in [0.2, 0.25) is 0 Å². The Kier molecular flexibility index (Phi) is 7.34. The minimum Gasteiger partial charge on any atom is -0.463 e. The van der Waals surface area contributed by atoms with Crippen molar-refractivity contribution in [2.24, 2.45) is 0 Å². The van der Waals surface area contributed by atoms with Crippen molar-refractivity contribution < 1.29 is 42.9 Å². The molecule has 0 spiro atoms. The molecule has 1 aromatic carbocycles. The van der Waals surface area contributed by atoms with E-state index in [0.717, 1.165) is 17.7 Å². The number of nitrogens with zero attached hydrogens (tertiary/aromatic N) is 1. The Morgan fingerprint density at radius 2 is 1.47 bits per heavy atom. The number of para-hydroxylation sites is 1. The van der Waals surface area contributed by atoms with Gasteiger partial charge >= 0.3 is 23.9 Å². The number of benzene rings is 1. The third-order valence-electron chi connectivity index (χ3n) is 5.20. The zero-order valence-corrected chi connectivity index (χ0v) is 18.4. The van der Waals surface area contributed by atoms with Crippen LogP contribution in [0.3, 0.4) is 0 Å². The van der Waals surface area contributed by atoms with E-state index in [1.54, 1.807) is 0 Å². The van der Waals surface area contributed by atoms with E-state index in [9.17, 15) is 19.2 Å². The van der Waals surface area contributed by atoms with Gasteiger partial charge in [0.25, 0.3) is 0 Å². The Bertz CT molecular complexity index is 886. The molecular formula is C22H27NO9. The predicted octanol–water partition coefficient (Wildman–Crippen LogP) is 1.13. The van der Waals surface area contributed by atoms with E-state index < -0.39 is 54.5 Å². The molecule has 0 saturated carbocycles. The molecule has 0 aromatic heterocycles. The van der Waals surface area contributed by atoms with Gasteiger partial charge in [-0.1, -0.05) is 18.2 Å². The second-order valence-corrected chi connectivity index (χ2v) is 7.66. The van der Waals surface area contributed by atoms with Gasteiger partial charge in [-0.2, -0.15) is 0 Å². The highest BCUT2D eigenvalue weighted by Gasteiger charge is 2.54. The summed E-state index contributed by atoms with van der Waals surface area (Å²) in [5.41, 5.74) is 1.97. The Labute approximate surface area is 185 Å². The van der Waals surface area contributed by atoms with E-state index in [0.29, 0.717) is 6.54 Å². The molecule has 3 rings (SSSR count). The molecule has 0 unspecified atom stereocenters. The second-order valence-electron chi connectivity index (χ2n) is 7.66. The summed E-state index contributed by atoms with van der Waals surface area (Å²) in [5.74, 6) is -2.48. The summed E-state index contributed by atoms with van der Waals surface area (Å²) in [6.07, 6.45) is -4.53. The van der Waals surface area contributed by atoms with Crippen molar-refractivity contribution in [3.05, 3.63) is 29.8 Å². The standard InChI is InChI=1S/C22H27NO9/c1-12(24)28-11-18-19(29-13(2)25)20(30-14(3)26)21(31-15(4)27)22(32-18)23-10-9-16-7-5-6-8-17(16)23/h5-8,18-22H,9-11H2,1-4H3/t18-,19+,20+,21+,22-/m0/s1. The Balaban J connectivity index is 2.03. The predicted molar refractivity (Wildman–Crippen MR) is 109 cm³/mol. The number of hydrogen-bond acceptors (Lipinski definition) is 10. The molecule has 1 aromatic rings. The largest absolute Gasteiger partial charge is 0.463 e. The lowest BCUT2D eigenvalue weighted by molar-refractivity contribution is -0.252. The van der Waals surface area contributed by atoms with Crippen LogP contribution in [0, 0.1) is 0 Å². The highest BCUT2D eigenvalue weighted by atomic mass is 16.7. The number of carbonyl (C=O) groups is 4. The number of carbonyl (C=O) groups excluding carboxylic acids is 4. The number of esters is 4. The molecule has 2 heterocycles. The quantitative estimate of drug-likeness (QED) is 0.462. The minimum absolute atomic E-state index is 0.246. The summed E-state index contributed by atoms with van der Waals surface area (Å²) < 4.78 is 27.8. The monoisotopic (exact) mass is 449 g/mol. The van der Waals surface area contributed by atoms with E-state index in [1.165, 1.54) is 27.7 Å². The summed E-state index contributed by atoms with van der Waals surface area (Å²) in [6, 6.07) is 7.70. The lowest BCUT2D eigenvalue weighted by Crippen LogP contribution is -2.66. The van der Waals surface area contributed by atoms with E-state index in [2.05, 4.69) is 0 Å². The first-order valence-electron chi connectivity index (χ1n) is 10.3. The molecule has 2 aliphatic heterocycles. The van der Waals surface area contributed by atoms with Crippen molar-refractivity contribution in [2.75, 3.05) is 18.1 Å². The van der Waals surface area contributed by atoms with Crippen molar-refractivity contribution in [3.63, 3.8) is 0 Å². The van der Waals surface area contributed by atoms with Crippen molar-refractivity contribution >= 4 is 29.6 Å². The molecule has 5 atom stereocenters. The summed E-state index contributed by atoms with van der Waals surface area (Å²) in [7, 11) is 0. The molecule has 0 aliphatic carbocycles. The van der Waals surface area contributed by atoms with Crippen LogP contribution in [0.25, 0.3) is 0 Å². The lowest BCUT2D eigenvalue weighted by Gasteiger charge is -2.47. The van der Waals surface area contributed by atoms with E-state index in [1.807, 2.05) is 29.2 Å². The maximum Gasteiger partial charge on any atom is 0.303 e. The SMILES string of the molecule is CC(=O)OC[C@@H]1O[C@H](N2CCc3ccccc32)[C@H](OC(C)=O)[C@H](OC(C)=O)[C@@H]1OC(C)=O. The Hall–Kier alpha value is -3.14. The van der Waals surface area contributed by atoms with Gasteiger partial charge in [-0.05, 0) is 18.1 Å². The van der Waals surface area contributed by atoms with Crippen LogP contribution in [0.4, 0.5) is 5.69 Å². The van der Waals surface area contributed by atoms with E-state index >= 15 is 0 Å². The van der Waals surface area contributed by atoms with Crippen LogP contribution in [-0.4, -0.2) is 67.7 Å². The third kappa shape index (κ3) is 5.37. The molecule has 1 saturated heterocycles. The van der Waals surface area contributed by atoms with Gasteiger partial charge < -0.3 is 28.6 Å². The molecule has 1 fully saturated rings. The Morgan fingerprint density at radius 1 is 0.875 bits per heavy atom. The number of anilines is 1. The number of ether oxygens (including phenoxy) is 5.